The molecule has 94 valence electrons. The summed E-state index contributed by atoms with van der Waals surface area (Å²) in [6.07, 6.45) is 0. The molecule has 1 fully saturated rings. The number of phenolic OH excluding ortho intramolecular Hbond substituents is 1. The number of phenols is 1. The molecule has 0 spiro atoms. The zero-order valence-electron chi connectivity index (χ0n) is 9.50. The average molecular weight is 242 g/mol. The van der Waals surface area contributed by atoms with Gasteiger partial charge in [0.05, 0.1) is 6.04 Å². The number of benzene rings is 1. The minimum absolute atomic E-state index is 0.135. The number of hydrogen-bond donors (Lipinski definition) is 2. The van der Waals surface area contributed by atoms with Crippen LogP contribution in [0.4, 0.5) is 8.78 Å². The Bertz CT molecular complexity index is 381. The zero-order chi connectivity index (χ0) is 12.3. The summed E-state index contributed by atoms with van der Waals surface area (Å²) in [5.74, 6) is -0.685. The van der Waals surface area contributed by atoms with Gasteiger partial charge in [-0.1, -0.05) is 6.07 Å². The smallest absolute Gasteiger partial charge is 0.131 e. The average Bonchev–Trinajstić information content (AvgIpc) is 2.34. The lowest BCUT2D eigenvalue weighted by Crippen LogP contribution is -2.45. The van der Waals surface area contributed by atoms with Gasteiger partial charge in [-0.25, -0.2) is 8.78 Å². The molecule has 1 aromatic rings. The Morgan fingerprint density at radius 2 is 2.06 bits per heavy atom. The van der Waals surface area contributed by atoms with Gasteiger partial charge in [-0.05, 0) is 6.07 Å². The van der Waals surface area contributed by atoms with Crippen molar-refractivity contribution in [3.63, 3.8) is 0 Å². The highest BCUT2D eigenvalue weighted by atomic mass is 19.1. The standard InChI is InChI=1S/C12H16F2N2O/c13-8-12(16-5-3-15-4-6-16)10-2-1-9(17)7-11(10)14/h1-2,7,12,15,17H,3-6,8H2/t12-/m0/s1. The van der Waals surface area contributed by atoms with Gasteiger partial charge >= 0.3 is 0 Å². The van der Waals surface area contributed by atoms with Crippen LogP contribution < -0.4 is 5.32 Å². The number of rotatable bonds is 3. The van der Waals surface area contributed by atoms with Crippen LogP contribution in [0.3, 0.4) is 0 Å². The molecule has 1 atom stereocenters. The minimum Gasteiger partial charge on any atom is -0.508 e. The fourth-order valence-electron chi connectivity index (χ4n) is 2.16. The molecule has 0 radical (unpaired) electrons. The highest BCUT2D eigenvalue weighted by Crippen LogP contribution is 2.26. The molecular formula is C12H16F2N2O. The maximum absolute atomic E-state index is 13.7. The summed E-state index contributed by atoms with van der Waals surface area (Å²) in [5.41, 5.74) is 0.312. The quantitative estimate of drug-likeness (QED) is 0.842. The second-order valence-electron chi connectivity index (χ2n) is 4.16. The molecule has 3 nitrogen and oxygen atoms in total. The molecule has 2 N–H and O–H groups in total. The summed E-state index contributed by atoms with van der Waals surface area (Å²) in [7, 11) is 0. The molecule has 0 aliphatic carbocycles. The minimum atomic E-state index is -0.623. The molecule has 0 amide bonds. The van der Waals surface area contributed by atoms with E-state index < -0.39 is 18.5 Å². The normalized spacial score (nSPS) is 19.2. The molecule has 0 aromatic heterocycles. The monoisotopic (exact) mass is 242 g/mol. The molecule has 1 aliphatic rings. The number of piperazine rings is 1. The lowest BCUT2D eigenvalue weighted by molar-refractivity contribution is 0.144. The Labute approximate surface area is 99.1 Å². The maximum Gasteiger partial charge on any atom is 0.131 e. The van der Waals surface area contributed by atoms with E-state index in [4.69, 9.17) is 5.11 Å². The molecule has 1 heterocycles. The second-order valence-corrected chi connectivity index (χ2v) is 4.16. The molecule has 1 aromatic carbocycles. The van der Waals surface area contributed by atoms with E-state index in [1.54, 1.807) is 0 Å². The summed E-state index contributed by atoms with van der Waals surface area (Å²) < 4.78 is 26.8. The first-order valence-corrected chi connectivity index (χ1v) is 5.71. The van der Waals surface area contributed by atoms with Gasteiger partial charge in [0, 0.05) is 37.8 Å². The van der Waals surface area contributed by atoms with Gasteiger partial charge in [0.25, 0.3) is 0 Å². The van der Waals surface area contributed by atoms with E-state index in [0.717, 1.165) is 19.2 Å². The Morgan fingerprint density at radius 3 is 2.65 bits per heavy atom. The largest absolute Gasteiger partial charge is 0.508 e. The van der Waals surface area contributed by atoms with E-state index in [1.807, 2.05) is 4.90 Å². The van der Waals surface area contributed by atoms with Crippen LogP contribution >= 0.6 is 0 Å². The molecule has 0 unspecified atom stereocenters. The van der Waals surface area contributed by atoms with E-state index >= 15 is 0 Å². The van der Waals surface area contributed by atoms with E-state index in [-0.39, 0.29) is 5.75 Å². The van der Waals surface area contributed by atoms with Gasteiger partial charge in [-0.3, -0.25) is 4.90 Å². The summed E-state index contributed by atoms with van der Waals surface area (Å²) in [6, 6.07) is 3.32. The highest BCUT2D eigenvalue weighted by molar-refractivity contribution is 5.30. The molecule has 1 aliphatic heterocycles. The van der Waals surface area contributed by atoms with E-state index in [2.05, 4.69) is 5.32 Å². The van der Waals surface area contributed by atoms with Crippen molar-refractivity contribution in [1.29, 1.82) is 0 Å². The van der Waals surface area contributed by atoms with E-state index in [9.17, 15) is 8.78 Å². The van der Waals surface area contributed by atoms with Crippen LogP contribution in [0.5, 0.6) is 5.75 Å². The van der Waals surface area contributed by atoms with Gasteiger partial charge in [0.15, 0.2) is 0 Å². The molecule has 0 saturated carbocycles. The molecule has 17 heavy (non-hydrogen) atoms. The number of halogens is 2. The van der Waals surface area contributed by atoms with Crippen molar-refractivity contribution in [3.05, 3.63) is 29.6 Å². The van der Waals surface area contributed by atoms with Crippen LogP contribution in [0, 0.1) is 5.82 Å². The summed E-state index contributed by atoms with van der Waals surface area (Å²) in [5, 5.41) is 12.3. The van der Waals surface area contributed by atoms with Gasteiger partial charge in [-0.15, -0.1) is 0 Å². The predicted molar refractivity (Wildman–Crippen MR) is 61.2 cm³/mol. The molecular weight excluding hydrogens is 226 g/mol. The lowest BCUT2D eigenvalue weighted by atomic mass is 10.0. The Hall–Kier alpha value is -1.20. The number of hydrogen-bond acceptors (Lipinski definition) is 3. The SMILES string of the molecule is Oc1ccc([C@H](CF)N2CCNCC2)c(F)c1. The van der Waals surface area contributed by atoms with Gasteiger partial charge in [0.2, 0.25) is 0 Å². The van der Waals surface area contributed by atoms with Crippen molar-refractivity contribution in [2.24, 2.45) is 0 Å². The Balaban J connectivity index is 2.21. The number of aromatic hydroxyl groups is 1. The van der Waals surface area contributed by atoms with E-state index in [0.29, 0.717) is 18.7 Å². The molecule has 5 heteroatoms. The third-order valence-corrected chi connectivity index (χ3v) is 3.08. The zero-order valence-corrected chi connectivity index (χ0v) is 9.50. The van der Waals surface area contributed by atoms with Gasteiger partial charge in [-0.2, -0.15) is 0 Å². The van der Waals surface area contributed by atoms with Crippen LogP contribution in [0.15, 0.2) is 18.2 Å². The number of nitrogens with zero attached hydrogens (tertiary/aromatic N) is 1. The van der Waals surface area contributed by atoms with Crippen LogP contribution in [0.2, 0.25) is 0 Å². The van der Waals surface area contributed by atoms with Gasteiger partial charge < -0.3 is 10.4 Å². The maximum atomic E-state index is 13.7. The van der Waals surface area contributed by atoms with Crippen LogP contribution in [-0.2, 0) is 0 Å². The Kier molecular flexibility index (Phi) is 3.91. The van der Waals surface area contributed by atoms with Crippen molar-refractivity contribution >= 4 is 0 Å². The van der Waals surface area contributed by atoms with Gasteiger partial charge in [0.1, 0.15) is 18.2 Å². The first kappa shape index (κ1) is 12.3. The van der Waals surface area contributed by atoms with Crippen molar-refractivity contribution in [1.82, 2.24) is 10.2 Å². The van der Waals surface area contributed by atoms with E-state index in [1.165, 1.54) is 12.1 Å². The number of nitrogens with one attached hydrogen (secondary N) is 1. The Morgan fingerprint density at radius 1 is 1.35 bits per heavy atom. The van der Waals surface area contributed by atoms with Crippen LogP contribution in [0.25, 0.3) is 0 Å². The third-order valence-electron chi connectivity index (χ3n) is 3.08. The van der Waals surface area contributed by atoms with Crippen molar-refractivity contribution < 1.29 is 13.9 Å². The lowest BCUT2D eigenvalue weighted by Gasteiger charge is -2.33. The summed E-state index contributed by atoms with van der Waals surface area (Å²) in [4.78, 5) is 1.92. The molecule has 1 saturated heterocycles. The van der Waals surface area contributed by atoms with Crippen LogP contribution in [-0.4, -0.2) is 42.9 Å². The first-order chi connectivity index (χ1) is 8.22. The van der Waals surface area contributed by atoms with Crippen LogP contribution in [0.1, 0.15) is 11.6 Å². The van der Waals surface area contributed by atoms with Crippen molar-refractivity contribution in [2.75, 3.05) is 32.9 Å². The highest BCUT2D eigenvalue weighted by Gasteiger charge is 2.24. The summed E-state index contributed by atoms with van der Waals surface area (Å²) in [6.45, 7) is 2.36. The predicted octanol–water partition coefficient (Wildman–Crippen LogP) is 1.45. The fourth-order valence-corrected chi connectivity index (χ4v) is 2.16. The van der Waals surface area contributed by atoms with Crippen molar-refractivity contribution in [2.45, 2.75) is 6.04 Å². The topological polar surface area (TPSA) is 35.5 Å². The third kappa shape index (κ3) is 2.73. The molecule has 2 rings (SSSR count). The first-order valence-electron chi connectivity index (χ1n) is 5.71. The number of alkyl halides is 1. The second kappa shape index (κ2) is 5.42. The van der Waals surface area contributed by atoms with Crippen molar-refractivity contribution in [3.8, 4) is 5.75 Å². The summed E-state index contributed by atoms with van der Waals surface area (Å²) >= 11 is 0. The molecule has 0 bridgehead atoms. The fraction of sp³-hybridized carbons (Fsp3) is 0.500.